The van der Waals surface area contributed by atoms with E-state index in [2.05, 4.69) is 155 Å². The summed E-state index contributed by atoms with van der Waals surface area (Å²) in [5.41, 5.74) is 10.8. The van der Waals surface area contributed by atoms with E-state index in [1.807, 2.05) is 24.3 Å². The van der Waals surface area contributed by atoms with Crippen molar-refractivity contribution in [2.45, 2.75) is 0 Å². The minimum absolute atomic E-state index is 0.600. The van der Waals surface area contributed by atoms with Crippen LogP contribution in [0.15, 0.2) is 174 Å². The second-order valence-corrected chi connectivity index (χ2v) is 13.0. The van der Waals surface area contributed by atoms with E-state index < -0.39 is 0 Å². The number of para-hydroxylation sites is 3. The van der Waals surface area contributed by atoms with Crippen LogP contribution >= 0.6 is 0 Å². The lowest BCUT2D eigenvalue weighted by Crippen LogP contribution is -2.05. The van der Waals surface area contributed by atoms with E-state index in [1.165, 1.54) is 5.39 Å². The molecule has 0 aliphatic carbocycles. The molecule has 11 aromatic rings. The van der Waals surface area contributed by atoms with Crippen molar-refractivity contribution in [1.82, 2.24) is 19.1 Å². The first-order valence-corrected chi connectivity index (χ1v) is 17.2. The molecule has 0 amide bonds. The van der Waals surface area contributed by atoms with Crippen LogP contribution in [0.3, 0.4) is 0 Å². The highest BCUT2D eigenvalue weighted by atomic mass is 16.3. The summed E-state index contributed by atoms with van der Waals surface area (Å²) >= 11 is 0. The van der Waals surface area contributed by atoms with E-state index >= 15 is 0 Å². The Morgan fingerprint density at radius 3 is 1.71 bits per heavy atom. The first-order chi connectivity index (χ1) is 25.3. The maximum Gasteiger partial charge on any atom is 0.235 e. The molecule has 0 aliphatic rings. The van der Waals surface area contributed by atoms with Crippen molar-refractivity contribution < 1.29 is 4.42 Å². The highest BCUT2D eigenvalue weighted by Gasteiger charge is 2.25. The number of nitrogens with zero attached hydrogens (tertiary/aromatic N) is 4. The van der Waals surface area contributed by atoms with Gasteiger partial charge in [0.15, 0.2) is 0 Å². The third-order valence-electron chi connectivity index (χ3n) is 10.1. The maximum absolute atomic E-state index is 6.73. The van der Waals surface area contributed by atoms with Gasteiger partial charge in [-0.2, -0.15) is 0 Å². The molecule has 0 aliphatic heterocycles. The molecule has 0 fully saturated rings. The van der Waals surface area contributed by atoms with Gasteiger partial charge < -0.3 is 8.98 Å². The van der Waals surface area contributed by atoms with Crippen molar-refractivity contribution in [2.75, 3.05) is 0 Å². The lowest BCUT2D eigenvalue weighted by molar-refractivity contribution is 0.673. The number of hydrogen-bond donors (Lipinski definition) is 0. The predicted molar refractivity (Wildman–Crippen MR) is 209 cm³/mol. The third kappa shape index (κ3) is 4.09. The number of hydrogen-bond acceptors (Lipinski definition) is 3. The second kappa shape index (κ2) is 10.8. The normalized spacial score (nSPS) is 11.9. The van der Waals surface area contributed by atoms with Crippen LogP contribution < -0.4 is 0 Å². The van der Waals surface area contributed by atoms with E-state index in [9.17, 15) is 0 Å². The van der Waals surface area contributed by atoms with Crippen molar-refractivity contribution in [3.05, 3.63) is 170 Å². The van der Waals surface area contributed by atoms with Gasteiger partial charge in [-0.3, -0.25) is 4.57 Å². The molecule has 5 nitrogen and oxygen atoms in total. The molecule has 4 heterocycles. The monoisotopic (exact) mass is 652 g/mol. The summed E-state index contributed by atoms with van der Waals surface area (Å²) in [5, 5.41) is 6.66. The molecule has 5 heteroatoms. The SMILES string of the molecule is c1ccc(-c2cc(-c3ccccc3)nc(-n3c4ccc5c6ccccc6oc5c4c4ccc5c6ccccc6n(-c6ccccc6)c5c43)n2)cc1. The van der Waals surface area contributed by atoms with Crippen molar-refractivity contribution in [3.8, 4) is 34.2 Å². The van der Waals surface area contributed by atoms with Gasteiger partial charge in [-0.25, -0.2) is 9.97 Å². The van der Waals surface area contributed by atoms with Crippen LogP contribution in [0, 0.1) is 0 Å². The molecule has 0 bridgehead atoms. The summed E-state index contributed by atoms with van der Waals surface area (Å²) in [6, 6.07) is 59.3. The predicted octanol–water partition coefficient (Wildman–Crippen LogP) is 11.9. The Hall–Kier alpha value is -6.98. The number of benzene rings is 7. The van der Waals surface area contributed by atoms with Gasteiger partial charge in [0.25, 0.3) is 0 Å². The molecule has 7 aromatic carbocycles. The van der Waals surface area contributed by atoms with E-state index in [0.29, 0.717) is 5.95 Å². The van der Waals surface area contributed by atoms with Crippen LogP contribution in [-0.4, -0.2) is 19.1 Å². The Kier molecular flexibility index (Phi) is 5.89. The summed E-state index contributed by atoms with van der Waals surface area (Å²) in [6.07, 6.45) is 0. The number of fused-ring (bicyclic) bond motifs is 11. The molecule has 0 saturated heterocycles. The van der Waals surface area contributed by atoms with Crippen molar-refractivity contribution >= 4 is 65.6 Å². The number of aromatic nitrogens is 4. The van der Waals surface area contributed by atoms with Crippen LogP contribution in [0.5, 0.6) is 0 Å². The van der Waals surface area contributed by atoms with Crippen LogP contribution in [0.4, 0.5) is 0 Å². The lowest BCUT2D eigenvalue weighted by atomic mass is 10.1. The average molecular weight is 653 g/mol. The van der Waals surface area contributed by atoms with Crippen LogP contribution in [0.1, 0.15) is 0 Å². The van der Waals surface area contributed by atoms with Gasteiger partial charge in [0, 0.05) is 43.7 Å². The van der Waals surface area contributed by atoms with Crippen LogP contribution in [0.25, 0.3) is 99.7 Å². The Morgan fingerprint density at radius 2 is 0.980 bits per heavy atom. The largest absolute Gasteiger partial charge is 0.455 e. The lowest BCUT2D eigenvalue weighted by Gasteiger charge is -2.13. The first kappa shape index (κ1) is 27.9. The Labute approximate surface area is 292 Å². The molecule has 4 aromatic heterocycles. The zero-order valence-corrected chi connectivity index (χ0v) is 27.4. The fraction of sp³-hybridized carbons (Fsp3) is 0. The number of furan rings is 1. The highest BCUT2D eigenvalue weighted by molar-refractivity contribution is 6.29. The average Bonchev–Trinajstić information content (AvgIpc) is 3.86. The Morgan fingerprint density at radius 1 is 0.412 bits per heavy atom. The molecule has 11 rings (SSSR count). The molecule has 0 spiro atoms. The van der Waals surface area contributed by atoms with Crippen molar-refractivity contribution in [1.29, 1.82) is 0 Å². The van der Waals surface area contributed by atoms with Gasteiger partial charge in [-0.1, -0.05) is 127 Å². The zero-order chi connectivity index (χ0) is 33.5. The van der Waals surface area contributed by atoms with Gasteiger partial charge in [0.05, 0.1) is 38.8 Å². The van der Waals surface area contributed by atoms with Crippen molar-refractivity contribution in [2.24, 2.45) is 0 Å². The van der Waals surface area contributed by atoms with E-state index in [1.54, 1.807) is 0 Å². The van der Waals surface area contributed by atoms with Gasteiger partial charge >= 0.3 is 0 Å². The zero-order valence-electron chi connectivity index (χ0n) is 27.4. The topological polar surface area (TPSA) is 48.8 Å². The minimum atomic E-state index is 0.600. The summed E-state index contributed by atoms with van der Waals surface area (Å²) in [6.45, 7) is 0. The molecule has 51 heavy (non-hydrogen) atoms. The summed E-state index contributed by atoms with van der Waals surface area (Å²) in [5.74, 6) is 0.600. The van der Waals surface area contributed by atoms with E-state index in [0.717, 1.165) is 88.4 Å². The van der Waals surface area contributed by atoms with Crippen molar-refractivity contribution in [3.63, 3.8) is 0 Å². The first-order valence-electron chi connectivity index (χ1n) is 17.2. The molecular formula is C46H28N4O. The summed E-state index contributed by atoms with van der Waals surface area (Å²) in [7, 11) is 0. The third-order valence-corrected chi connectivity index (χ3v) is 10.1. The Bertz CT molecular complexity index is 3060. The second-order valence-electron chi connectivity index (χ2n) is 13.0. The molecule has 0 atom stereocenters. The quantitative estimate of drug-likeness (QED) is 0.190. The highest BCUT2D eigenvalue weighted by Crippen LogP contribution is 2.45. The summed E-state index contributed by atoms with van der Waals surface area (Å²) < 4.78 is 11.4. The maximum atomic E-state index is 6.73. The smallest absolute Gasteiger partial charge is 0.235 e. The molecule has 0 N–H and O–H groups in total. The van der Waals surface area contributed by atoms with E-state index in [4.69, 9.17) is 14.4 Å². The van der Waals surface area contributed by atoms with Gasteiger partial charge in [0.2, 0.25) is 5.95 Å². The van der Waals surface area contributed by atoms with Gasteiger partial charge in [0.1, 0.15) is 11.2 Å². The van der Waals surface area contributed by atoms with Gasteiger partial charge in [-0.05, 0) is 42.5 Å². The van der Waals surface area contributed by atoms with Crippen LogP contribution in [0.2, 0.25) is 0 Å². The fourth-order valence-corrected chi connectivity index (χ4v) is 7.91. The molecule has 0 saturated carbocycles. The van der Waals surface area contributed by atoms with E-state index in [-0.39, 0.29) is 0 Å². The molecule has 0 unspecified atom stereocenters. The summed E-state index contributed by atoms with van der Waals surface area (Å²) in [4.78, 5) is 10.7. The number of rotatable bonds is 4. The fourth-order valence-electron chi connectivity index (χ4n) is 7.91. The molecular weight excluding hydrogens is 625 g/mol. The Balaban J connectivity index is 1.37. The standard InChI is InChI=1S/C46H28N4O/c1-4-14-29(15-5-1)37-28-38(30-16-6-2-7-17-30)48-46(47-37)50-40-27-26-35-33-21-11-13-23-41(33)51-45(35)42(40)36-25-24-34-32-20-10-12-22-39(32)49(43(34)44(36)50)31-18-8-3-9-19-31/h1-28H. The minimum Gasteiger partial charge on any atom is -0.455 e. The molecule has 238 valence electrons. The van der Waals surface area contributed by atoms with Crippen LogP contribution in [-0.2, 0) is 0 Å². The molecule has 0 radical (unpaired) electrons. The van der Waals surface area contributed by atoms with Gasteiger partial charge in [-0.15, -0.1) is 0 Å².